The summed E-state index contributed by atoms with van der Waals surface area (Å²) >= 11 is 0. The minimum absolute atomic E-state index is 0.0715. The molecule has 3 heterocycles. The molecular formula is C28H33N3O3. The van der Waals surface area contributed by atoms with E-state index in [0.717, 1.165) is 36.9 Å². The summed E-state index contributed by atoms with van der Waals surface area (Å²) in [5.74, 6) is 0.601. The fourth-order valence-electron chi connectivity index (χ4n) is 5.45. The number of carbonyl (C=O) groups excluding carboxylic acids is 2. The van der Waals surface area contributed by atoms with E-state index in [9.17, 15) is 9.59 Å². The Balaban J connectivity index is 1.50. The van der Waals surface area contributed by atoms with Crippen molar-refractivity contribution in [2.24, 2.45) is 0 Å². The zero-order valence-electron chi connectivity index (χ0n) is 20.0. The van der Waals surface area contributed by atoms with Gasteiger partial charge in [0.25, 0.3) is 5.91 Å². The van der Waals surface area contributed by atoms with Crippen LogP contribution in [0.4, 0.5) is 0 Å². The van der Waals surface area contributed by atoms with E-state index < -0.39 is 5.54 Å². The van der Waals surface area contributed by atoms with Crippen LogP contribution in [0.3, 0.4) is 0 Å². The quantitative estimate of drug-likeness (QED) is 0.550. The SMILES string of the molecule is C[C@@H](CN1C(=O)c2ccc(-c3ccco3)n2C[C@@]1(C)C(=O)NC1CCCCC1)c1ccccc1. The summed E-state index contributed by atoms with van der Waals surface area (Å²) in [4.78, 5) is 29.5. The van der Waals surface area contributed by atoms with Gasteiger partial charge in [0, 0.05) is 12.6 Å². The van der Waals surface area contributed by atoms with Crippen molar-refractivity contribution in [2.45, 2.75) is 70.0 Å². The van der Waals surface area contributed by atoms with Crippen LogP contribution in [0.15, 0.2) is 65.3 Å². The predicted octanol–water partition coefficient (Wildman–Crippen LogP) is 5.22. The molecule has 2 amide bonds. The molecule has 5 rings (SSSR count). The molecule has 6 heteroatoms. The lowest BCUT2D eigenvalue weighted by molar-refractivity contribution is -0.134. The first-order chi connectivity index (χ1) is 16.5. The van der Waals surface area contributed by atoms with Crippen molar-refractivity contribution in [3.8, 4) is 11.5 Å². The lowest BCUT2D eigenvalue weighted by Gasteiger charge is -2.46. The van der Waals surface area contributed by atoms with Gasteiger partial charge in [-0.3, -0.25) is 9.59 Å². The van der Waals surface area contributed by atoms with Crippen LogP contribution >= 0.6 is 0 Å². The van der Waals surface area contributed by atoms with E-state index in [0.29, 0.717) is 24.5 Å². The molecule has 2 atom stereocenters. The first-order valence-electron chi connectivity index (χ1n) is 12.4. The first kappa shape index (κ1) is 22.5. The van der Waals surface area contributed by atoms with Crippen LogP contribution in [0.2, 0.25) is 0 Å². The lowest BCUT2D eigenvalue weighted by atomic mass is 9.89. The van der Waals surface area contributed by atoms with E-state index in [1.165, 1.54) is 6.42 Å². The second-order valence-corrected chi connectivity index (χ2v) is 9.98. The van der Waals surface area contributed by atoms with Crippen molar-refractivity contribution < 1.29 is 14.0 Å². The fourth-order valence-corrected chi connectivity index (χ4v) is 5.45. The largest absolute Gasteiger partial charge is 0.463 e. The molecule has 0 spiro atoms. The summed E-state index contributed by atoms with van der Waals surface area (Å²) in [6.07, 6.45) is 7.13. The molecule has 34 heavy (non-hydrogen) atoms. The van der Waals surface area contributed by atoms with E-state index in [1.807, 2.05) is 54.0 Å². The van der Waals surface area contributed by atoms with Crippen molar-refractivity contribution in [2.75, 3.05) is 6.54 Å². The average molecular weight is 460 g/mol. The molecule has 1 N–H and O–H groups in total. The number of aromatic nitrogens is 1. The smallest absolute Gasteiger partial charge is 0.271 e. The second kappa shape index (κ2) is 9.16. The molecule has 178 valence electrons. The Labute approximate surface area is 200 Å². The van der Waals surface area contributed by atoms with Gasteiger partial charge in [-0.2, -0.15) is 0 Å². The molecule has 0 saturated heterocycles. The van der Waals surface area contributed by atoms with E-state index in [4.69, 9.17) is 4.42 Å². The Morgan fingerprint density at radius 3 is 2.50 bits per heavy atom. The Kier molecular flexibility index (Phi) is 6.07. The van der Waals surface area contributed by atoms with Crippen LogP contribution in [-0.2, 0) is 11.3 Å². The third-order valence-corrected chi connectivity index (χ3v) is 7.53. The molecule has 0 radical (unpaired) electrons. The second-order valence-electron chi connectivity index (χ2n) is 9.98. The number of carbonyl (C=O) groups is 2. The Morgan fingerprint density at radius 2 is 1.79 bits per heavy atom. The normalized spacial score (nSPS) is 21.8. The highest BCUT2D eigenvalue weighted by Gasteiger charge is 2.48. The number of rotatable bonds is 6. The topological polar surface area (TPSA) is 67.5 Å². The molecule has 6 nitrogen and oxygen atoms in total. The Bertz CT molecular complexity index is 1150. The number of amides is 2. The molecular weight excluding hydrogens is 426 g/mol. The molecule has 2 aliphatic rings. The van der Waals surface area contributed by atoms with Gasteiger partial charge in [-0.1, -0.05) is 56.5 Å². The van der Waals surface area contributed by atoms with Crippen molar-refractivity contribution >= 4 is 11.8 Å². The first-order valence-corrected chi connectivity index (χ1v) is 12.4. The van der Waals surface area contributed by atoms with Gasteiger partial charge in [0.1, 0.15) is 17.0 Å². The van der Waals surface area contributed by atoms with Gasteiger partial charge < -0.3 is 19.2 Å². The van der Waals surface area contributed by atoms with Gasteiger partial charge in [0.05, 0.1) is 18.5 Å². The van der Waals surface area contributed by atoms with Gasteiger partial charge >= 0.3 is 0 Å². The van der Waals surface area contributed by atoms with E-state index in [2.05, 4.69) is 24.4 Å². The minimum atomic E-state index is -1.01. The monoisotopic (exact) mass is 459 g/mol. The van der Waals surface area contributed by atoms with E-state index >= 15 is 0 Å². The van der Waals surface area contributed by atoms with Crippen molar-refractivity contribution in [3.05, 3.63) is 72.1 Å². The maximum atomic E-state index is 13.9. The molecule has 1 fully saturated rings. The number of hydrogen-bond donors (Lipinski definition) is 1. The number of benzene rings is 1. The van der Waals surface area contributed by atoms with Crippen LogP contribution < -0.4 is 5.32 Å². The van der Waals surface area contributed by atoms with Gasteiger partial charge in [-0.25, -0.2) is 0 Å². The lowest BCUT2D eigenvalue weighted by Crippen LogP contribution is -2.65. The fraction of sp³-hybridized carbons (Fsp3) is 0.429. The zero-order valence-corrected chi connectivity index (χ0v) is 20.0. The number of fused-ring (bicyclic) bond motifs is 1. The van der Waals surface area contributed by atoms with Gasteiger partial charge in [0.15, 0.2) is 0 Å². The van der Waals surface area contributed by atoms with Crippen molar-refractivity contribution in [3.63, 3.8) is 0 Å². The third-order valence-electron chi connectivity index (χ3n) is 7.53. The summed E-state index contributed by atoms with van der Waals surface area (Å²) in [5.41, 5.74) is 1.56. The maximum absolute atomic E-state index is 13.9. The molecule has 1 aliphatic carbocycles. The third kappa shape index (κ3) is 4.06. The molecule has 0 unspecified atom stereocenters. The average Bonchev–Trinajstić information content (AvgIpc) is 3.53. The van der Waals surface area contributed by atoms with Crippen molar-refractivity contribution in [1.29, 1.82) is 0 Å². The van der Waals surface area contributed by atoms with Gasteiger partial charge in [0.2, 0.25) is 5.91 Å². The number of furan rings is 1. The molecule has 3 aromatic rings. The minimum Gasteiger partial charge on any atom is -0.463 e. The highest BCUT2D eigenvalue weighted by atomic mass is 16.3. The van der Waals surface area contributed by atoms with E-state index in [1.54, 1.807) is 11.2 Å². The summed E-state index contributed by atoms with van der Waals surface area (Å²) in [5, 5.41) is 3.30. The van der Waals surface area contributed by atoms with Crippen LogP contribution in [0.5, 0.6) is 0 Å². The van der Waals surface area contributed by atoms with Crippen LogP contribution in [0.1, 0.15) is 67.9 Å². The molecule has 1 saturated carbocycles. The summed E-state index contributed by atoms with van der Waals surface area (Å²) in [6.45, 7) is 4.88. The summed E-state index contributed by atoms with van der Waals surface area (Å²) < 4.78 is 7.58. The predicted molar refractivity (Wildman–Crippen MR) is 131 cm³/mol. The van der Waals surface area contributed by atoms with Crippen LogP contribution in [-0.4, -0.2) is 39.4 Å². The number of nitrogens with one attached hydrogen (secondary N) is 1. The summed E-state index contributed by atoms with van der Waals surface area (Å²) in [6, 6.07) is 17.8. The van der Waals surface area contributed by atoms with Crippen LogP contribution in [0.25, 0.3) is 11.5 Å². The standard InChI is InChI=1S/C28H33N3O3/c1-20(21-10-5-3-6-11-21)18-31-26(32)24-16-15-23(25-14-9-17-34-25)30(24)19-28(31,2)27(33)29-22-12-7-4-8-13-22/h3,5-6,9-11,14-17,20,22H,4,7-8,12-13,18-19H2,1-2H3,(H,29,33)/t20-,28-/m0/s1. The highest BCUT2D eigenvalue weighted by molar-refractivity contribution is 6.00. The van der Waals surface area contributed by atoms with Crippen molar-refractivity contribution in [1.82, 2.24) is 14.8 Å². The summed E-state index contributed by atoms with van der Waals surface area (Å²) in [7, 11) is 0. The molecule has 2 aromatic heterocycles. The number of nitrogens with zero attached hydrogens (tertiary/aromatic N) is 2. The Morgan fingerprint density at radius 1 is 1.06 bits per heavy atom. The van der Waals surface area contributed by atoms with Crippen LogP contribution in [0, 0.1) is 0 Å². The maximum Gasteiger partial charge on any atom is 0.271 e. The molecule has 0 bridgehead atoms. The van der Waals surface area contributed by atoms with Gasteiger partial charge in [-0.05, 0) is 55.5 Å². The molecule has 1 aromatic carbocycles. The Hall–Kier alpha value is -3.28. The zero-order chi connectivity index (χ0) is 23.7. The molecule has 1 aliphatic heterocycles. The highest BCUT2D eigenvalue weighted by Crippen LogP contribution is 2.35. The van der Waals surface area contributed by atoms with E-state index in [-0.39, 0.29) is 23.8 Å². The number of hydrogen-bond acceptors (Lipinski definition) is 3. The van der Waals surface area contributed by atoms with Gasteiger partial charge in [-0.15, -0.1) is 0 Å².